The summed E-state index contributed by atoms with van der Waals surface area (Å²) in [4.78, 5) is 11.2. The van der Waals surface area contributed by atoms with E-state index in [4.69, 9.17) is 0 Å². The average molecular weight is 299 g/mol. The van der Waals surface area contributed by atoms with Gasteiger partial charge in [-0.3, -0.25) is 4.79 Å². The summed E-state index contributed by atoms with van der Waals surface area (Å²) < 4.78 is 1.01. The number of aliphatic hydroxyl groups excluding tert-OH is 1. The van der Waals surface area contributed by atoms with Crippen molar-refractivity contribution in [1.82, 2.24) is 0 Å². The van der Waals surface area contributed by atoms with Crippen LogP contribution in [0.5, 0.6) is 0 Å². The first-order valence-electron chi connectivity index (χ1n) is 4.89. The summed E-state index contributed by atoms with van der Waals surface area (Å²) in [5, 5.41) is 9.88. The molecule has 1 unspecified atom stereocenters. The molecule has 1 aliphatic rings. The van der Waals surface area contributed by atoms with Gasteiger partial charge >= 0.3 is 0 Å². The van der Waals surface area contributed by atoms with Crippen LogP contribution in [0.1, 0.15) is 17.7 Å². The van der Waals surface area contributed by atoms with Crippen molar-refractivity contribution in [1.29, 1.82) is 0 Å². The van der Waals surface area contributed by atoms with Crippen LogP contribution in [-0.2, 0) is 4.79 Å². The van der Waals surface area contributed by atoms with E-state index in [-0.39, 0.29) is 16.8 Å². The van der Waals surface area contributed by atoms with Crippen LogP contribution in [-0.4, -0.2) is 16.6 Å². The van der Waals surface area contributed by atoms with Gasteiger partial charge in [-0.2, -0.15) is 0 Å². The number of hydrogen-bond acceptors (Lipinski definition) is 3. The van der Waals surface area contributed by atoms with E-state index in [1.807, 2.05) is 24.3 Å². The van der Waals surface area contributed by atoms with Gasteiger partial charge in [0.15, 0.2) is 5.78 Å². The van der Waals surface area contributed by atoms with Gasteiger partial charge in [-0.05, 0) is 24.6 Å². The highest BCUT2D eigenvalue weighted by Gasteiger charge is 2.29. The zero-order valence-corrected chi connectivity index (χ0v) is 11.1. The van der Waals surface area contributed by atoms with E-state index in [9.17, 15) is 9.90 Å². The summed E-state index contributed by atoms with van der Waals surface area (Å²) in [6.45, 7) is 1.50. The van der Waals surface area contributed by atoms with Crippen LogP contribution < -0.4 is 0 Å². The first-order chi connectivity index (χ1) is 7.59. The lowest BCUT2D eigenvalue weighted by Gasteiger charge is -2.10. The molecule has 0 saturated heterocycles. The molecule has 16 heavy (non-hydrogen) atoms. The lowest BCUT2D eigenvalue weighted by atomic mass is 10.1. The average Bonchev–Trinajstić information content (AvgIpc) is 2.61. The van der Waals surface area contributed by atoms with Crippen molar-refractivity contribution in [2.75, 3.05) is 5.75 Å². The number of hydrogen-bond donors (Lipinski definition) is 1. The van der Waals surface area contributed by atoms with Crippen molar-refractivity contribution in [2.24, 2.45) is 0 Å². The second-order valence-electron chi connectivity index (χ2n) is 3.66. The topological polar surface area (TPSA) is 37.3 Å². The number of thioether (sulfide) groups is 1. The Hall–Kier alpha value is -0.740. The quantitative estimate of drug-likeness (QED) is 0.906. The SMILES string of the molecule is CC(=O)C1=C(O)C(c2ccc(Br)cc2)SC1. The summed E-state index contributed by atoms with van der Waals surface area (Å²) in [5.41, 5.74) is 1.58. The standard InChI is InChI=1S/C12H11BrO2S/c1-7(14)10-6-16-12(11(10)15)8-2-4-9(13)5-3-8/h2-5,12,15H,6H2,1H3. The molecule has 0 amide bonds. The van der Waals surface area contributed by atoms with Gasteiger partial charge in [0.1, 0.15) is 5.76 Å². The highest BCUT2D eigenvalue weighted by atomic mass is 79.9. The monoisotopic (exact) mass is 298 g/mol. The number of Topliss-reactive ketones (excluding diaryl/α,β-unsaturated/α-hetero) is 1. The fourth-order valence-electron chi connectivity index (χ4n) is 1.65. The summed E-state index contributed by atoms with van der Waals surface area (Å²) in [5.74, 6) is 0.784. The number of halogens is 1. The molecule has 0 radical (unpaired) electrons. The van der Waals surface area contributed by atoms with Gasteiger partial charge in [-0.1, -0.05) is 28.1 Å². The maximum atomic E-state index is 11.2. The highest BCUT2D eigenvalue weighted by molar-refractivity contribution is 9.10. The molecule has 2 nitrogen and oxygen atoms in total. The Bertz CT molecular complexity index is 451. The number of carbonyl (C=O) groups is 1. The van der Waals surface area contributed by atoms with Crippen molar-refractivity contribution in [2.45, 2.75) is 12.2 Å². The van der Waals surface area contributed by atoms with Gasteiger partial charge in [-0.25, -0.2) is 0 Å². The van der Waals surface area contributed by atoms with Gasteiger partial charge in [0.25, 0.3) is 0 Å². The fraction of sp³-hybridized carbons (Fsp3) is 0.250. The van der Waals surface area contributed by atoms with Gasteiger partial charge in [0, 0.05) is 15.8 Å². The summed E-state index contributed by atoms with van der Waals surface area (Å²) in [7, 11) is 0. The maximum absolute atomic E-state index is 11.2. The maximum Gasteiger partial charge on any atom is 0.160 e. The Kier molecular flexibility index (Phi) is 3.40. The molecule has 0 aromatic heterocycles. The number of aliphatic hydroxyl groups is 1. The number of ketones is 1. The first kappa shape index (κ1) is 11.7. The molecule has 0 spiro atoms. The van der Waals surface area contributed by atoms with E-state index in [0.717, 1.165) is 10.0 Å². The van der Waals surface area contributed by atoms with Crippen LogP contribution in [0.15, 0.2) is 40.1 Å². The van der Waals surface area contributed by atoms with Gasteiger partial charge in [0.05, 0.1) is 5.25 Å². The number of carbonyl (C=O) groups excluding carboxylic acids is 1. The Morgan fingerprint density at radius 1 is 1.44 bits per heavy atom. The second-order valence-corrected chi connectivity index (χ2v) is 5.67. The normalized spacial score (nSPS) is 20.2. The minimum atomic E-state index is -0.0907. The Balaban J connectivity index is 2.31. The zero-order valence-electron chi connectivity index (χ0n) is 8.74. The van der Waals surface area contributed by atoms with E-state index >= 15 is 0 Å². The van der Waals surface area contributed by atoms with Crippen molar-refractivity contribution >= 4 is 33.5 Å². The number of rotatable bonds is 2. The van der Waals surface area contributed by atoms with Gasteiger partial charge in [-0.15, -0.1) is 11.8 Å². The lowest BCUT2D eigenvalue weighted by molar-refractivity contribution is -0.113. The molecular weight excluding hydrogens is 288 g/mol. The number of benzene rings is 1. The van der Waals surface area contributed by atoms with E-state index in [1.165, 1.54) is 6.92 Å². The molecule has 0 bridgehead atoms. The summed E-state index contributed by atoms with van der Waals surface area (Å²) >= 11 is 4.95. The third kappa shape index (κ3) is 2.18. The molecule has 1 atom stereocenters. The summed E-state index contributed by atoms with van der Waals surface area (Å²) in [6, 6.07) is 7.80. The van der Waals surface area contributed by atoms with E-state index < -0.39 is 0 Å². The second kappa shape index (κ2) is 4.63. The van der Waals surface area contributed by atoms with Crippen LogP contribution in [0, 0.1) is 0 Å². The third-order valence-electron chi connectivity index (χ3n) is 2.55. The molecular formula is C12H11BrO2S. The van der Waals surface area contributed by atoms with Crippen molar-refractivity contribution in [3.8, 4) is 0 Å². The van der Waals surface area contributed by atoms with Crippen LogP contribution in [0.3, 0.4) is 0 Å². The van der Waals surface area contributed by atoms with Crippen LogP contribution in [0.4, 0.5) is 0 Å². The lowest BCUT2D eigenvalue weighted by Crippen LogP contribution is -2.00. The van der Waals surface area contributed by atoms with Gasteiger partial charge < -0.3 is 5.11 Å². The van der Waals surface area contributed by atoms with Gasteiger partial charge in [0.2, 0.25) is 0 Å². The Morgan fingerprint density at radius 3 is 2.56 bits per heavy atom. The Labute approximate surface area is 107 Å². The molecule has 2 rings (SSSR count). The fourth-order valence-corrected chi connectivity index (χ4v) is 3.25. The summed E-state index contributed by atoms with van der Waals surface area (Å²) in [6.07, 6.45) is 0. The molecule has 0 aliphatic carbocycles. The Morgan fingerprint density at radius 2 is 2.06 bits per heavy atom. The molecule has 0 saturated carbocycles. The minimum Gasteiger partial charge on any atom is -0.510 e. The third-order valence-corrected chi connectivity index (χ3v) is 4.36. The predicted octanol–water partition coefficient (Wildman–Crippen LogP) is 3.64. The largest absolute Gasteiger partial charge is 0.510 e. The molecule has 1 aromatic rings. The predicted molar refractivity (Wildman–Crippen MR) is 69.7 cm³/mol. The van der Waals surface area contributed by atoms with Crippen molar-refractivity contribution in [3.05, 3.63) is 45.6 Å². The van der Waals surface area contributed by atoms with E-state index in [1.54, 1.807) is 11.8 Å². The first-order valence-corrected chi connectivity index (χ1v) is 6.74. The minimum absolute atomic E-state index is 0.0374. The molecule has 1 aliphatic heterocycles. The molecule has 4 heteroatoms. The van der Waals surface area contributed by atoms with Crippen LogP contribution >= 0.6 is 27.7 Å². The van der Waals surface area contributed by atoms with Crippen molar-refractivity contribution < 1.29 is 9.90 Å². The smallest absolute Gasteiger partial charge is 0.160 e. The molecule has 84 valence electrons. The van der Waals surface area contributed by atoms with Crippen LogP contribution in [0.2, 0.25) is 0 Å². The van der Waals surface area contributed by atoms with E-state index in [2.05, 4.69) is 15.9 Å². The van der Waals surface area contributed by atoms with Crippen LogP contribution in [0.25, 0.3) is 0 Å². The molecule has 1 aromatic carbocycles. The highest BCUT2D eigenvalue weighted by Crippen LogP contribution is 2.43. The molecule has 0 fully saturated rings. The molecule has 1 N–H and O–H groups in total. The molecule has 1 heterocycles. The zero-order chi connectivity index (χ0) is 11.7. The van der Waals surface area contributed by atoms with E-state index in [0.29, 0.717) is 11.3 Å². The van der Waals surface area contributed by atoms with Crippen molar-refractivity contribution in [3.63, 3.8) is 0 Å².